The number of nitrogens with zero attached hydrogens (tertiary/aromatic N) is 1. The first-order chi connectivity index (χ1) is 13.0. The van der Waals surface area contributed by atoms with E-state index in [2.05, 4.69) is 22.5 Å². The zero-order chi connectivity index (χ0) is 19.4. The largest absolute Gasteiger partial charge is 0.490 e. The number of rotatable bonds is 7. The van der Waals surface area contributed by atoms with Crippen LogP contribution in [0.4, 0.5) is 5.69 Å². The summed E-state index contributed by atoms with van der Waals surface area (Å²) < 4.78 is 12.3. The molecule has 7 heteroatoms. The number of halogens is 2. The van der Waals surface area contributed by atoms with Gasteiger partial charge in [0.05, 0.1) is 16.8 Å². The summed E-state index contributed by atoms with van der Waals surface area (Å²) in [6.45, 7) is 6.50. The fraction of sp³-hybridized carbons (Fsp3) is 0.250. The van der Waals surface area contributed by atoms with Gasteiger partial charge >= 0.3 is 0 Å². The summed E-state index contributed by atoms with van der Waals surface area (Å²) in [6, 6.07) is 11.2. The average Bonchev–Trinajstić information content (AvgIpc) is 3.03. The van der Waals surface area contributed by atoms with E-state index in [0.717, 1.165) is 15.7 Å². The zero-order valence-electron chi connectivity index (χ0n) is 14.8. The van der Waals surface area contributed by atoms with Crippen LogP contribution in [0.3, 0.4) is 0 Å². The molecule has 0 bridgehead atoms. The van der Waals surface area contributed by atoms with Crippen LogP contribution in [0.2, 0.25) is 5.02 Å². The molecule has 1 atom stereocenters. The van der Waals surface area contributed by atoms with E-state index < -0.39 is 0 Å². The highest BCUT2D eigenvalue weighted by Crippen LogP contribution is 2.46. The minimum absolute atomic E-state index is 0.0633. The van der Waals surface area contributed by atoms with Crippen molar-refractivity contribution in [1.29, 1.82) is 0 Å². The normalized spacial score (nSPS) is 16.5. The van der Waals surface area contributed by atoms with Gasteiger partial charge in [-0.1, -0.05) is 24.3 Å². The van der Waals surface area contributed by atoms with Crippen molar-refractivity contribution >= 4 is 50.9 Å². The van der Waals surface area contributed by atoms with Gasteiger partial charge < -0.3 is 9.47 Å². The minimum Gasteiger partial charge on any atom is -0.490 e. The first-order valence-electron chi connectivity index (χ1n) is 8.44. The summed E-state index contributed by atoms with van der Waals surface area (Å²) >= 11 is 11.1. The van der Waals surface area contributed by atoms with Gasteiger partial charge in [0.25, 0.3) is 0 Å². The maximum Gasteiger partial charge on any atom is 0.238 e. The molecule has 142 valence electrons. The molecule has 0 aromatic heterocycles. The highest BCUT2D eigenvalue weighted by molar-refractivity contribution is 9.10. The van der Waals surface area contributed by atoms with Gasteiger partial charge in [0.1, 0.15) is 12.0 Å². The van der Waals surface area contributed by atoms with Crippen molar-refractivity contribution in [1.82, 2.24) is 0 Å². The van der Waals surface area contributed by atoms with Crippen LogP contribution < -0.4 is 14.4 Å². The summed E-state index contributed by atoms with van der Waals surface area (Å²) in [5.41, 5.74) is 1.78. The molecule has 1 saturated heterocycles. The van der Waals surface area contributed by atoms with Gasteiger partial charge in [0.15, 0.2) is 11.5 Å². The molecule has 4 nitrogen and oxygen atoms in total. The molecule has 0 unspecified atom stereocenters. The topological polar surface area (TPSA) is 38.8 Å². The van der Waals surface area contributed by atoms with Gasteiger partial charge in [0, 0.05) is 10.7 Å². The van der Waals surface area contributed by atoms with E-state index >= 15 is 0 Å². The number of anilines is 1. The molecular weight excluding hydrogens is 450 g/mol. The highest BCUT2D eigenvalue weighted by Gasteiger charge is 2.35. The lowest BCUT2D eigenvalue weighted by molar-refractivity contribution is -0.115. The van der Waals surface area contributed by atoms with Crippen molar-refractivity contribution in [3.8, 4) is 11.5 Å². The van der Waals surface area contributed by atoms with Crippen molar-refractivity contribution in [2.75, 3.05) is 23.9 Å². The highest BCUT2D eigenvalue weighted by atomic mass is 79.9. The van der Waals surface area contributed by atoms with Gasteiger partial charge in [-0.05, 0) is 64.8 Å². The van der Waals surface area contributed by atoms with Crippen molar-refractivity contribution in [2.45, 2.75) is 12.3 Å². The molecule has 0 spiro atoms. The van der Waals surface area contributed by atoms with E-state index in [1.165, 1.54) is 0 Å². The Labute approximate surface area is 176 Å². The Hall–Kier alpha value is -1.63. The Morgan fingerprint density at radius 3 is 2.74 bits per heavy atom. The lowest BCUT2D eigenvalue weighted by atomic mass is 10.1. The van der Waals surface area contributed by atoms with Crippen molar-refractivity contribution < 1.29 is 14.3 Å². The first kappa shape index (κ1) is 20.1. The maximum absolute atomic E-state index is 12.5. The molecule has 3 rings (SSSR count). The van der Waals surface area contributed by atoms with E-state index in [1.54, 1.807) is 34.9 Å². The molecule has 0 aliphatic carbocycles. The Kier molecular flexibility index (Phi) is 6.73. The number of thioether (sulfide) groups is 1. The van der Waals surface area contributed by atoms with Crippen LogP contribution in [-0.2, 0) is 4.79 Å². The lowest BCUT2D eigenvalue weighted by Crippen LogP contribution is -2.27. The van der Waals surface area contributed by atoms with Gasteiger partial charge in [-0.25, -0.2) is 0 Å². The molecular formula is C20H19BrClNO3S. The first-order valence-corrected chi connectivity index (χ1v) is 10.7. The van der Waals surface area contributed by atoms with Crippen molar-refractivity contribution in [2.24, 2.45) is 0 Å². The van der Waals surface area contributed by atoms with E-state index in [9.17, 15) is 4.79 Å². The third-order valence-corrected chi connectivity index (χ3v) is 5.99. The zero-order valence-corrected chi connectivity index (χ0v) is 17.9. The van der Waals surface area contributed by atoms with Gasteiger partial charge in [-0.2, -0.15) is 0 Å². The van der Waals surface area contributed by atoms with E-state index in [-0.39, 0.29) is 11.3 Å². The molecule has 2 aromatic carbocycles. The summed E-state index contributed by atoms with van der Waals surface area (Å²) in [5, 5.41) is 0.488. The summed E-state index contributed by atoms with van der Waals surface area (Å²) in [4.78, 5) is 14.3. The maximum atomic E-state index is 12.5. The summed E-state index contributed by atoms with van der Waals surface area (Å²) in [6.07, 6.45) is 1.68. The Balaban J connectivity index is 1.99. The third-order valence-electron chi connectivity index (χ3n) is 3.94. The predicted octanol–water partition coefficient (Wildman–Crippen LogP) is 5.84. The number of hydrogen-bond acceptors (Lipinski definition) is 4. The summed E-state index contributed by atoms with van der Waals surface area (Å²) in [5.74, 6) is 1.75. The van der Waals surface area contributed by atoms with Crippen LogP contribution in [0, 0.1) is 0 Å². The van der Waals surface area contributed by atoms with E-state index in [4.69, 9.17) is 21.1 Å². The Morgan fingerprint density at radius 2 is 2.07 bits per heavy atom. The van der Waals surface area contributed by atoms with Crippen LogP contribution in [0.5, 0.6) is 11.5 Å². The number of carbonyl (C=O) groups excluding carboxylic acids is 1. The van der Waals surface area contributed by atoms with Crippen LogP contribution >= 0.6 is 39.3 Å². The SMILES string of the molecule is C=CCOc1c(Br)cc([C@H]2SCC(=O)N2c2ccc(Cl)cc2)cc1OCC. The van der Waals surface area contributed by atoms with Crippen molar-refractivity contribution in [3.05, 3.63) is 64.1 Å². The monoisotopic (exact) mass is 467 g/mol. The van der Waals surface area contributed by atoms with Gasteiger partial charge in [0.2, 0.25) is 5.91 Å². The van der Waals surface area contributed by atoms with E-state index in [1.807, 2.05) is 31.2 Å². The number of carbonyl (C=O) groups is 1. The lowest BCUT2D eigenvalue weighted by Gasteiger charge is -2.25. The van der Waals surface area contributed by atoms with Crippen molar-refractivity contribution in [3.63, 3.8) is 0 Å². The molecule has 1 aliphatic rings. The molecule has 1 amide bonds. The molecule has 1 aliphatic heterocycles. The molecule has 0 radical (unpaired) electrons. The average molecular weight is 469 g/mol. The summed E-state index contributed by atoms with van der Waals surface area (Å²) in [7, 11) is 0. The fourth-order valence-electron chi connectivity index (χ4n) is 2.83. The fourth-order valence-corrected chi connectivity index (χ4v) is 4.68. The third kappa shape index (κ3) is 4.45. The molecule has 0 N–H and O–H groups in total. The second-order valence-electron chi connectivity index (χ2n) is 5.77. The quantitative estimate of drug-likeness (QED) is 0.478. The molecule has 27 heavy (non-hydrogen) atoms. The second kappa shape index (κ2) is 9.04. The van der Waals surface area contributed by atoms with Gasteiger partial charge in [-0.3, -0.25) is 9.69 Å². The number of benzene rings is 2. The number of amides is 1. The van der Waals surface area contributed by atoms with Crippen LogP contribution in [-0.4, -0.2) is 24.9 Å². The molecule has 1 heterocycles. The standard InChI is InChI=1S/C20H19BrClNO3S/c1-3-9-26-19-16(21)10-13(11-17(19)25-4-2)20-23(18(24)12-27-20)15-7-5-14(22)6-8-15/h3,5-8,10-11,20H,1,4,9,12H2,2H3/t20-/m1/s1. The number of hydrogen-bond donors (Lipinski definition) is 0. The van der Waals surface area contributed by atoms with Crippen LogP contribution in [0.1, 0.15) is 17.9 Å². The van der Waals surface area contributed by atoms with Crippen LogP contribution in [0.25, 0.3) is 0 Å². The second-order valence-corrected chi connectivity index (χ2v) is 8.13. The molecule has 2 aromatic rings. The number of ether oxygens (including phenoxy) is 2. The Morgan fingerprint density at radius 1 is 1.33 bits per heavy atom. The van der Waals surface area contributed by atoms with E-state index in [0.29, 0.717) is 35.5 Å². The van der Waals surface area contributed by atoms with Crippen LogP contribution in [0.15, 0.2) is 53.5 Å². The molecule has 0 saturated carbocycles. The molecule has 1 fully saturated rings. The predicted molar refractivity (Wildman–Crippen MR) is 115 cm³/mol. The van der Waals surface area contributed by atoms with Gasteiger partial charge in [-0.15, -0.1) is 11.8 Å². The Bertz CT molecular complexity index is 844. The minimum atomic E-state index is -0.150. The smallest absolute Gasteiger partial charge is 0.238 e.